The van der Waals surface area contributed by atoms with E-state index >= 15 is 8.78 Å². The zero-order chi connectivity index (χ0) is 26.6. The second-order valence-corrected chi connectivity index (χ2v) is 12.7. The van der Waals surface area contributed by atoms with Gasteiger partial charge in [-0.1, -0.05) is 70.4 Å². The third-order valence-corrected chi connectivity index (χ3v) is 10.4. The van der Waals surface area contributed by atoms with E-state index in [4.69, 9.17) is 4.74 Å². The van der Waals surface area contributed by atoms with Crippen molar-refractivity contribution >= 4 is 21.4 Å². The zero-order valence-electron chi connectivity index (χ0n) is 22.8. The molecule has 1 aromatic heterocycles. The van der Waals surface area contributed by atoms with E-state index in [0.717, 1.165) is 54.8 Å². The molecule has 2 aliphatic rings. The number of fused-ring (bicyclic) bond motifs is 1. The lowest BCUT2D eigenvalue weighted by Crippen LogP contribution is -2.18. The van der Waals surface area contributed by atoms with E-state index in [1.54, 1.807) is 37.3 Å². The second kappa shape index (κ2) is 12.4. The highest BCUT2D eigenvalue weighted by Crippen LogP contribution is 2.43. The van der Waals surface area contributed by atoms with Crippen molar-refractivity contribution in [3.05, 3.63) is 53.3 Å². The Morgan fingerprint density at radius 1 is 0.737 bits per heavy atom. The lowest BCUT2D eigenvalue weighted by molar-refractivity contribution is 0.223. The summed E-state index contributed by atoms with van der Waals surface area (Å²) in [6.45, 7) is 4.46. The first-order valence-electron chi connectivity index (χ1n) is 14.8. The molecular formula is C33H41F3OS. The van der Waals surface area contributed by atoms with Gasteiger partial charge in [0.15, 0.2) is 23.2 Å². The smallest absolute Gasteiger partial charge is 0.182 e. The van der Waals surface area contributed by atoms with Gasteiger partial charge in [0.05, 0.1) is 11.3 Å². The summed E-state index contributed by atoms with van der Waals surface area (Å²) in [5.74, 6) is 0.844. The molecule has 0 radical (unpaired) electrons. The predicted octanol–water partition coefficient (Wildman–Crippen LogP) is 11.0. The molecule has 0 aliphatic heterocycles. The first-order chi connectivity index (χ1) is 18.5. The highest BCUT2D eigenvalue weighted by Gasteiger charge is 2.28. The molecule has 5 rings (SSSR count). The average Bonchev–Trinajstić information content (AvgIpc) is 3.37. The molecule has 38 heavy (non-hydrogen) atoms. The minimum Gasteiger partial charge on any atom is -0.491 e. The van der Waals surface area contributed by atoms with E-state index in [0.29, 0.717) is 27.1 Å². The Kier molecular flexibility index (Phi) is 9.02. The Morgan fingerprint density at radius 2 is 1.37 bits per heavy atom. The fraction of sp³-hybridized carbons (Fsp3) is 0.576. The number of rotatable bonds is 9. The summed E-state index contributed by atoms with van der Waals surface area (Å²) in [6, 6.07) is 8.53. The van der Waals surface area contributed by atoms with Crippen LogP contribution in [0.1, 0.15) is 102 Å². The molecule has 0 saturated heterocycles. The van der Waals surface area contributed by atoms with Crippen molar-refractivity contribution in [3.8, 4) is 16.2 Å². The van der Waals surface area contributed by atoms with Gasteiger partial charge in [-0.15, -0.1) is 11.3 Å². The quantitative estimate of drug-likeness (QED) is 0.261. The van der Waals surface area contributed by atoms with Crippen LogP contribution < -0.4 is 4.74 Å². The van der Waals surface area contributed by atoms with Crippen molar-refractivity contribution in [1.29, 1.82) is 0 Å². The molecule has 5 heteroatoms. The van der Waals surface area contributed by atoms with Crippen LogP contribution in [0.3, 0.4) is 0 Å². The molecule has 2 fully saturated rings. The van der Waals surface area contributed by atoms with Crippen LogP contribution in [0.4, 0.5) is 13.2 Å². The maximum atomic E-state index is 15.3. The largest absolute Gasteiger partial charge is 0.491 e. The maximum absolute atomic E-state index is 15.3. The van der Waals surface area contributed by atoms with Crippen LogP contribution >= 0.6 is 11.3 Å². The first-order valence-corrected chi connectivity index (χ1v) is 15.6. The highest BCUT2D eigenvalue weighted by molar-refractivity contribution is 7.22. The van der Waals surface area contributed by atoms with Gasteiger partial charge in [0.2, 0.25) is 0 Å². The normalized spacial score (nSPS) is 24.1. The van der Waals surface area contributed by atoms with Gasteiger partial charge in [0.1, 0.15) is 0 Å². The fourth-order valence-corrected chi connectivity index (χ4v) is 8.08. The van der Waals surface area contributed by atoms with Crippen LogP contribution in [-0.4, -0.2) is 6.61 Å². The molecule has 2 aliphatic carbocycles. The molecule has 0 bridgehead atoms. The van der Waals surface area contributed by atoms with Crippen molar-refractivity contribution < 1.29 is 17.9 Å². The zero-order valence-corrected chi connectivity index (χ0v) is 23.7. The summed E-state index contributed by atoms with van der Waals surface area (Å²) < 4.78 is 51.2. The molecule has 0 atom stereocenters. The number of ether oxygens (including phenoxy) is 1. The molecule has 206 valence electrons. The standard InChI is InChI=1S/C33H41F3OS/c1-3-5-21-6-8-22(9-7-21)10-11-23-12-14-24(15-13-23)26-17-18-27(31(35)30(26)34)29-20-25-16-19-28(37-4-2)32(36)33(25)38-29/h16-24H,3-15H2,1-2H3. The van der Waals surface area contributed by atoms with Gasteiger partial charge in [0.25, 0.3) is 0 Å². The summed E-state index contributed by atoms with van der Waals surface area (Å²) in [5, 5.41) is 0.669. The highest BCUT2D eigenvalue weighted by atomic mass is 32.1. The van der Waals surface area contributed by atoms with E-state index in [9.17, 15) is 4.39 Å². The van der Waals surface area contributed by atoms with Crippen LogP contribution in [0.2, 0.25) is 0 Å². The minimum absolute atomic E-state index is 0.0767. The van der Waals surface area contributed by atoms with Gasteiger partial charge in [-0.05, 0) is 85.4 Å². The SMILES string of the molecule is CCCC1CCC(CCC2CCC(c3ccc(-c4cc5ccc(OCC)c(F)c5s4)c(F)c3F)CC2)CC1. The summed E-state index contributed by atoms with van der Waals surface area (Å²) in [6.07, 6.45) is 15.0. The Balaban J connectivity index is 1.20. The van der Waals surface area contributed by atoms with Crippen molar-refractivity contribution in [2.75, 3.05) is 6.61 Å². The molecule has 2 aromatic carbocycles. The van der Waals surface area contributed by atoms with Gasteiger partial charge in [-0.2, -0.15) is 0 Å². The Bertz CT molecular complexity index is 1220. The number of halogens is 3. The van der Waals surface area contributed by atoms with E-state index in [2.05, 4.69) is 6.92 Å². The Labute approximate surface area is 229 Å². The van der Waals surface area contributed by atoms with Gasteiger partial charge >= 0.3 is 0 Å². The molecule has 0 amide bonds. The van der Waals surface area contributed by atoms with Crippen molar-refractivity contribution in [2.24, 2.45) is 17.8 Å². The topological polar surface area (TPSA) is 9.23 Å². The summed E-state index contributed by atoms with van der Waals surface area (Å²) in [7, 11) is 0. The van der Waals surface area contributed by atoms with E-state index < -0.39 is 17.5 Å². The number of hydrogen-bond acceptors (Lipinski definition) is 2. The lowest BCUT2D eigenvalue weighted by Gasteiger charge is -2.32. The summed E-state index contributed by atoms with van der Waals surface area (Å²) in [5.41, 5.74) is 0.706. The third kappa shape index (κ3) is 5.93. The molecular weight excluding hydrogens is 501 g/mol. The minimum atomic E-state index is -0.819. The average molecular weight is 543 g/mol. The van der Waals surface area contributed by atoms with Gasteiger partial charge in [0, 0.05) is 10.4 Å². The first kappa shape index (κ1) is 27.6. The molecule has 0 N–H and O–H groups in total. The number of hydrogen-bond donors (Lipinski definition) is 0. The Hall–Kier alpha value is -2.01. The fourth-order valence-electron chi connectivity index (χ4n) is 6.97. The predicted molar refractivity (Wildman–Crippen MR) is 153 cm³/mol. The number of thiophene rings is 1. The molecule has 0 spiro atoms. The van der Waals surface area contributed by atoms with Gasteiger partial charge in [-0.25, -0.2) is 13.2 Å². The van der Waals surface area contributed by atoms with Crippen LogP contribution in [0.5, 0.6) is 5.75 Å². The number of benzene rings is 2. The summed E-state index contributed by atoms with van der Waals surface area (Å²) in [4.78, 5) is 0.530. The Morgan fingerprint density at radius 3 is 2.00 bits per heavy atom. The van der Waals surface area contributed by atoms with E-state index in [-0.39, 0.29) is 17.2 Å². The second-order valence-electron chi connectivity index (χ2n) is 11.6. The van der Waals surface area contributed by atoms with Crippen LogP contribution in [-0.2, 0) is 0 Å². The van der Waals surface area contributed by atoms with Crippen molar-refractivity contribution in [2.45, 2.75) is 96.8 Å². The summed E-state index contributed by atoms with van der Waals surface area (Å²) >= 11 is 1.14. The van der Waals surface area contributed by atoms with Crippen LogP contribution in [0.25, 0.3) is 20.5 Å². The maximum Gasteiger partial charge on any atom is 0.182 e. The van der Waals surface area contributed by atoms with Crippen molar-refractivity contribution in [3.63, 3.8) is 0 Å². The monoisotopic (exact) mass is 542 g/mol. The lowest BCUT2D eigenvalue weighted by atomic mass is 9.74. The van der Waals surface area contributed by atoms with E-state index in [1.807, 2.05) is 0 Å². The van der Waals surface area contributed by atoms with E-state index in [1.165, 1.54) is 51.4 Å². The molecule has 2 saturated carbocycles. The molecule has 3 aromatic rings. The molecule has 0 unspecified atom stereocenters. The van der Waals surface area contributed by atoms with Crippen LogP contribution in [0.15, 0.2) is 30.3 Å². The molecule has 1 heterocycles. The molecule has 1 nitrogen and oxygen atoms in total. The van der Waals surface area contributed by atoms with Crippen molar-refractivity contribution in [1.82, 2.24) is 0 Å². The van der Waals surface area contributed by atoms with Gasteiger partial charge < -0.3 is 4.74 Å². The van der Waals surface area contributed by atoms with Gasteiger partial charge in [-0.3, -0.25) is 0 Å². The third-order valence-electron chi connectivity index (χ3n) is 9.20. The van der Waals surface area contributed by atoms with Crippen LogP contribution in [0, 0.1) is 35.2 Å².